The maximum absolute atomic E-state index is 14.1. The van der Waals surface area contributed by atoms with Crippen molar-refractivity contribution in [2.45, 2.75) is 44.9 Å². The number of carbonyl (C=O) groups excluding carboxylic acids is 3. The minimum atomic E-state index is -4.65. The summed E-state index contributed by atoms with van der Waals surface area (Å²) in [5.41, 5.74) is -0.211. The zero-order valence-corrected chi connectivity index (χ0v) is 24.1. The van der Waals surface area contributed by atoms with Crippen LogP contribution in [0.2, 0.25) is 0 Å². The smallest absolute Gasteiger partial charge is 0.416 e. The number of piperazine rings is 1. The van der Waals surface area contributed by atoms with E-state index in [-0.39, 0.29) is 46.6 Å². The number of anilines is 1. The Bertz CT molecular complexity index is 1530. The Balaban J connectivity index is 1.63. The lowest BCUT2D eigenvalue weighted by atomic mass is 9.88. The van der Waals surface area contributed by atoms with Gasteiger partial charge in [0.05, 0.1) is 41.1 Å². The quantitative estimate of drug-likeness (QED) is 0.454. The molecule has 226 valence electrons. The third-order valence-corrected chi connectivity index (χ3v) is 8.39. The van der Waals surface area contributed by atoms with Crippen LogP contribution in [0.3, 0.4) is 0 Å². The minimum Gasteiger partial charge on any atom is -0.463 e. The van der Waals surface area contributed by atoms with E-state index in [1.54, 1.807) is 17.9 Å². The molecule has 2 saturated heterocycles. The number of carbonyl (C=O) groups is 3. The first-order valence-electron chi connectivity index (χ1n) is 14.2. The topological polar surface area (TPSA) is 97.2 Å². The summed E-state index contributed by atoms with van der Waals surface area (Å²) in [6.07, 6.45) is -2.60. The average Bonchev–Trinajstić information content (AvgIpc) is 3.46. The molecule has 9 nitrogen and oxygen atoms in total. The molecule has 2 atom stereocenters. The van der Waals surface area contributed by atoms with Crippen LogP contribution < -0.4 is 4.90 Å². The van der Waals surface area contributed by atoms with E-state index in [0.717, 1.165) is 43.0 Å². The number of rotatable bonds is 5. The fourth-order valence-electron chi connectivity index (χ4n) is 6.28. The van der Waals surface area contributed by atoms with E-state index in [2.05, 4.69) is 11.0 Å². The molecule has 43 heavy (non-hydrogen) atoms. The molecule has 3 heterocycles. The van der Waals surface area contributed by atoms with Gasteiger partial charge in [-0.15, -0.1) is 0 Å². The molecule has 2 aromatic carbocycles. The van der Waals surface area contributed by atoms with E-state index >= 15 is 0 Å². The third-order valence-electron chi connectivity index (χ3n) is 8.39. The second kappa shape index (κ2) is 11.7. The van der Waals surface area contributed by atoms with Gasteiger partial charge in [0.25, 0.3) is 5.91 Å². The molecule has 3 aliphatic rings. The SMILES string of the molecule is CCOC(=O)C1=C(C)N(c2cccc(C(F)(F)F)c2)C(=O)N(C)C1c1ccc(C#N)cc1C(=O)N1CCN2CCCC2C1. The van der Waals surface area contributed by atoms with Gasteiger partial charge in [-0.3, -0.25) is 14.6 Å². The number of ether oxygens (including phenoxy) is 1. The summed E-state index contributed by atoms with van der Waals surface area (Å²) in [6, 6.07) is 9.32. The second-order valence-electron chi connectivity index (χ2n) is 10.9. The number of halogens is 3. The van der Waals surface area contributed by atoms with Crippen molar-refractivity contribution >= 4 is 23.6 Å². The number of esters is 1. The maximum atomic E-state index is 14.1. The number of nitriles is 1. The Hall–Kier alpha value is -4.37. The summed E-state index contributed by atoms with van der Waals surface area (Å²) >= 11 is 0. The maximum Gasteiger partial charge on any atom is 0.416 e. The van der Waals surface area contributed by atoms with Crippen molar-refractivity contribution in [1.82, 2.24) is 14.7 Å². The fourth-order valence-corrected chi connectivity index (χ4v) is 6.28. The van der Waals surface area contributed by atoms with Gasteiger partial charge in [-0.2, -0.15) is 18.4 Å². The molecule has 0 saturated carbocycles. The van der Waals surface area contributed by atoms with Crippen LogP contribution in [0, 0.1) is 11.3 Å². The first-order valence-corrected chi connectivity index (χ1v) is 14.2. The Morgan fingerprint density at radius 2 is 1.88 bits per heavy atom. The molecule has 5 rings (SSSR count). The molecule has 0 N–H and O–H groups in total. The molecule has 2 aromatic rings. The normalized spacial score (nSPS) is 21.1. The largest absolute Gasteiger partial charge is 0.463 e. The molecule has 0 radical (unpaired) electrons. The Morgan fingerprint density at radius 3 is 2.58 bits per heavy atom. The molecule has 3 amide bonds. The average molecular weight is 596 g/mol. The summed E-state index contributed by atoms with van der Waals surface area (Å²) in [5.74, 6) is -1.09. The number of hydrogen-bond donors (Lipinski definition) is 0. The van der Waals surface area contributed by atoms with Crippen molar-refractivity contribution in [3.63, 3.8) is 0 Å². The number of amides is 3. The summed E-state index contributed by atoms with van der Waals surface area (Å²) < 4.78 is 46.0. The van der Waals surface area contributed by atoms with E-state index in [9.17, 15) is 32.8 Å². The van der Waals surface area contributed by atoms with Gasteiger partial charge in [0.2, 0.25) is 0 Å². The molecule has 0 aromatic heterocycles. The van der Waals surface area contributed by atoms with Crippen LogP contribution in [0.5, 0.6) is 0 Å². The van der Waals surface area contributed by atoms with Crippen LogP contribution in [0.1, 0.15) is 59.8 Å². The van der Waals surface area contributed by atoms with Crippen molar-refractivity contribution in [2.24, 2.45) is 0 Å². The predicted molar refractivity (Wildman–Crippen MR) is 151 cm³/mol. The summed E-state index contributed by atoms with van der Waals surface area (Å²) in [5, 5.41) is 9.65. The highest BCUT2D eigenvalue weighted by Gasteiger charge is 2.44. The van der Waals surface area contributed by atoms with Crippen molar-refractivity contribution < 1.29 is 32.3 Å². The monoisotopic (exact) mass is 595 g/mol. The van der Waals surface area contributed by atoms with Gasteiger partial charge < -0.3 is 14.5 Å². The first-order chi connectivity index (χ1) is 20.5. The van der Waals surface area contributed by atoms with Crippen LogP contribution >= 0.6 is 0 Å². The predicted octanol–water partition coefficient (Wildman–Crippen LogP) is 4.95. The summed E-state index contributed by atoms with van der Waals surface area (Å²) in [4.78, 5) is 47.8. The Morgan fingerprint density at radius 1 is 1.12 bits per heavy atom. The van der Waals surface area contributed by atoms with Crippen LogP contribution in [0.25, 0.3) is 0 Å². The molecule has 12 heteroatoms. The van der Waals surface area contributed by atoms with E-state index in [1.807, 2.05) is 0 Å². The lowest BCUT2D eigenvalue weighted by Gasteiger charge is -2.42. The Kier molecular flexibility index (Phi) is 8.21. The van der Waals surface area contributed by atoms with Gasteiger partial charge in [0, 0.05) is 44.0 Å². The standard InChI is InChI=1S/C31H32F3N5O4/c1-4-43-29(41)26-19(2)39(22-8-5-7-21(16-22)31(32,33)34)30(42)36(3)27(26)24-11-10-20(17-35)15-25(24)28(40)38-14-13-37-12-6-9-23(37)18-38/h5,7-8,10-11,15-16,23,27H,4,6,9,12-14,18H2,1-3H3. The highest BCUT2D eigenvalue weighted by Crippen LogP contribution is 2.42. The lowest BCUT2D eigenvalue weighted by Crippen LogP contribution is -2.52. The zero-order valence-electron chi connectivity index (χ0n) is 24.1. The number of nitrogens with zero attached hydrogens (tertiary/aromatic N) is 5. The molecule has 2 unspecified atom stereocenters. The fraction of sp³-hybridized carbons (Fsp3) is 0.419. The van der Waals surface area contributed by atoms with Crippen LogP contribution in [0.15, 0.2) is 53.7 Å². The number of likely N-dealkylation sites (N-methyl/N-ethyl adjacent to an activating group) is 1. The van der Waals surface area contributed by atoms with Crippen molar-refractivity contribution in [3.8, 4) is 6.07 Å². The van der Waals surface area contributed by atoms with Gasteiger partial charge in [-0.1, -0.05) is 12.1 Å². The Labute approximate surface area is 247 Å². The molecule has 3 aliphatic heterocycles. The second-order valence-corrected chi connectivity index (χ2v) is 10.9. The third kappa shape index (κ3) is 5.57. The zero-order chi connectivity index (χ0) is 31.1. The lowest BCUT2D eigenvalue weighted by molar-refractivity contribution is -0.139. The van der Waals surface area contributed by atoms with Crippen LogP contribution in [-0.2, 0) is 15.7 Å². The highest BCUT2D eigenvalue weighted by molar-refractivity contribution is 6.04. The molecule has 2 fully saturated rings. The van der Waals surface area contributed by atoms with E-state index in [4.69, 9.17) is 4.74 Å². The highest BCUT2D eigenvalue weighted by atomic mass is 19.4. The number of urea groups is 1. The van der Waals surface area contributed by atoms with Gasteiger partial charge in [0.1, 0.15) is 0 Å². The van der Waals surface area contributed by atoms with Crippen LogP contribution in [-0.4, -0.2) is 78.5 Å². The summed E-state index contributed by atoms with van der Waals surface area (Å²) in [6.45, 7) is 5.83. The number of alkyl halides is 3. The van der Waals surface area contributed by atoms with E-state index < -0.39 is 29.8 Å². The number of hydrogen-bond acceptors (Lipinski definition) is 6. The van der Waals surface area contributed by atoms with Gasteiger partial charge in [-0.25, -0.2) is 9.59 Å². The molecular weight excluding hydrogens is 563 g/mol. The first kappa shape index (κ1) is 30.1. The number of benzene rings is 2. The minimum absolute atomic E-state index is 0.000677. The van der Waals surface area contributed by atoms with Gasteiger partial charge >= 0.3 is 18.2 Å². The molecular formula is C31H32F3N5O4. The molecule has 0 spiro atoms. The van der Waals surface area contributed by atoms with E-state index in [0.29, 0.717) is 18.7 Å². The molecule has 0 bridgehead atoms. The van der Waals surface area contributed by atoms with Gasteiger partial charge in [0.15, 0.2) is 0 Å². The molecule has 0 aliphatic carbocycles. The number of allylic oxidation sites excluding steroid dienone is 1. The summed E-state index contributed by atoms with van der Waals surface area (Å²) in [7, 11) is 1.42. The van der Waals surface area contributed by atoms with Crippen molar-refractivity contribution in [2.75, 3.05) is 44.7 Å². The van der Waals surface area contributed by atoms with Crippen molar-refractivity contribution in [1.29, 1.82) is 5.26 Å². The van der Waals surface area contributed by atoms with Crippen LogP contribution in [0.4, 0.5) is 23.7 Å². The van der Waals surface area contributed by atoms with Gasteiger partial charge in [-0.05, 0) is 69.1 Å². The van der Waals surface area contributed by atoms with E-state index in [1.165, 1.54) is 43.1 Å². The van der Waals surface area contributed by atoms with Crippen molar-refractivity contribution in [3.05, 3.63) is 76.0 Å². The number of fused-ring (bicyclic) bond motifs is 1.